The number of alkyl halides is 1. The van der Waals surface area contributed by atoms with Crippen molar-refractivity contribution in [2.75, 3.05) is 0 Å². The minimum absolute atomic E-state index is 0.369. The standard InChI is InChI=1S/C13H10Cl3NO/c14-6-10-5-12(16)13(17-7-10)18-8-9-2-1-3-11(15)4-9/h1-5,7H,6,8H2. The molecule has 0 saturated heterocycles. The van der Waals surface area contributed by atoms with Crippen molar-refractivity contribution in [3.63, 3.8) is 0 Å². The second-order valence-corrected chi connectivity index (χ2v) is 4.79. The molecule has 2 nitrogen and oxygen atoms in total. The molecule has 5 heteroatoms. The van der Waals surface area contributed by atoms with E-state index in [0.29, 0.717) is 28.4 Å². The monoisotopic (exact) mass is 301 g/mol. The van der Waals surface area contributed by atoms with Crippen LogP contribution in [0.25, 0.3) is 0 Å². The number of benzene rings is 1. The Morgan fingerprint density at radius 1 is 1.11 bits per heavy atom. The molecule has 0 amide bonds. The largest absolute Gasteiger partial charge is 0.472 e. The molecule has 94 valence electrons. The lowest BCUT2D eigenvalue weighted by Gasteiger charge is -2.08. The van der Waals surface area contributed by atoms with Gasteiger partial charge in [-0.15, -0.1) is 11.6 Å². The fourth-order valence-corrected chi connectivity index (χ4v) is 2.03. The predicted molar refractivity (Wildman–Crippen MR) is 74.6 cm³/mol. The van der Waals surface area contributed by atoms with Crippen molar-refractivity contribution in [1.29, 1.82) is 0 Å². The molecule has 2 rings (SSSR count). The van der Waals surface area contributed by atoms with Crippen molar-refractivity contribution >= 4 is 34.8 Å². The van der Waals surface area contributed by atoms with E-state index in [9.17, 15) is 0 Å². The van der Waals surface area contributed by atoms with E-state index in [1.54, 1.807) is 12.3 Å². The highest BCUT2D eigenvalue weighted by Crippen LogP contribution is 2.24. The third kappa shape index (κ3) is 3.52. The maximum Gasteiger partial charge on any atom is 0.232 e. The molecule has 0 aliphatic carbocycles. The molecule has 1 aromatic heterocycles. The first-order valence-electron chi connectivity index (χ1n) is 5.26. The van der Waals surface area contributed by atoms with E-state index >= 15 is 0 Å². The summed E-state index contributed by atoms with van der Waals surface area (Å²) in [6.07, 6.45) is 1.65. The Labute approximate surface area is 120 Å². The maximum atomic E-state index is 6.03. The van der Waals surface area contributed by atoms with Crippen molar-refractivity contribution in [2.24, 2.45) is 0 Å². The SMILES string of the molecule is ClCc1cnc(OCc2cccc(Cl)c2)c(Cl)c1. The number of hydrogen-bond acceptors (Lipinski definition) is 2. The number of rotatable bonds is 4. The second-order valence-electron chi connectivity index (χ2n) is 3.68. The fraction of sp³-hybridized carbons (Fsp3) is 0.154. The van der Waals surface area contributed by atoms with Crippen LogP contribution in [0.5, 0.6) is 5.88 Å². The minimum Gasteiger partial charge on any atom is -0.472 e. The lowest BCUT2D eigenvalue weighted by atomic mass is 10.2. The number of hydrogen-bond donors (Lipinski definition) is 0. The van der Waals surface area contributed by atoms with Gasteiger partial charge in [0.15, 0.2) is 0 Å². The van der Waals surface area contributed by atoms with Crippen molar-refractivity contribution in [1.82, 2.24) is 4.98 Å². The summed E-state index contributed by atoms with van der Waals surface area (Å²) in [5.74, 6) is 0.770. The highest BCUT2D eigenvalue weighted by molar-refractivity contribution is 6.32. The average molecular weight is 303 g/mol. The van der Waals surface area contributed by atoms with Gasteiger partial charge < -0.3 is 4.74 Å². The molecular weight excluding hydrogens is 293 g/mol. The van der Waals surface area contributed by atoms with Crippen LogP contribution in [0.4, 0.5) is 0 Å². The minimum atomic E-state index is 0.369. The van der Waals surface area contributed by atoms with Crippen LogP contribution in [0, 0.1) is 0 Å². The quantitative estimate of drug-likeness (QED) is 0.763. The summed E-state index contributed by atoms with van der Waals surface area (Å²) in [7, 11) is 0. The smallest absolute Gasteiger partial charge is 0.232 e. The molecule has 0 atom stereocenters. The van der Waals surface area contributed by atoms with Gasteiger partial charge in [-0.05, 0) is 29.3 Å². The van der Waals surface area contributed by atoms with E-state index in [1.807, 2.05) is 24.3 Å². The molecule has 0 aliphatic heterocycles. The van der Waals surface area contributed by atoms with E-state index in [0.717, 1.165) is 11.1 Å². The van der Waals surface area contributed by atoms with Crippen LogP contribution in [0.2, 0.25) is 10.0 Å². The Kier molecular flexibility index (Phi) is 4.70. The van der Waals surface area contributed by atoms with Gasteiger partial charge in [0.05, 0.1) is 0 Å². The summed E-state index contributed by atoms with van der Waals surface area (Å²) in [6, 6.07) is 9.18. The first kappa shape index (κ1) is 13.5. The van der Waals surface area contributed by atoms with Crippen LogP contribution in [-0.4, -0.2) is 4.98 Å². The summed E-state index contributed by atoms with van der Waals surface area (Å²) in [5.41, 5.74) is 1.82. The highest BCUT2D eigenvalue weighted by atomic mass is 35.5. The Morgan fingerprint density at radius 2 is 1.94 bits per heavy atom. The summed E-state index contributed by atoms with van der Waals surface area (Å²) >= 11 is 17.6. The van der Waals surface area contributed by atoms with E-state index in [1.165, 1.54) is 0 Å². The Balaban J connectivity index is 2.06. The molecule has 18 heavy (non-hydrogen) atoms. The summed E-state index contributed by atoms with van der Waals surface area (Å²) in [6.45, 7) is 0.369. The lowest BCUT2D eigenvalue weighted by Crippen LogP contribution is -1.98. The predicted octanol–water partition coefficient (Wildman–Crippen LogP) is 4.71. The van der Waals surface area contributed by atoms with E-state index in [-0.39, 0.29) is 0 Å². The molecule has 1 heterocycles. The Bertz CT molecular complexity index is 546. The zero-order chi connectivity index (χ0) is 13.0. The molecule has 2 aromatic rings. The third-order valence-electron chi connectivity index (χ3n) is 2.28. The number of aromatic nitrogens is 1. The third-order valence-corrected chi connectivity index (χ3v) is 3.10. The van der Waals surface area contributed by atoms with Crippen LogP contribution >= 0.6 is 34.8 Å². The van der Waals surface area contributed by atoms with Crippen LogP contribution in [0.3, 0.4) is 0 Å². The summed E-state index contributed by atoms with van der Waals surface area (Å²) in [4.78, 5) is 4.11. The molecule has 1 aromatic carbocycles. The van der Waals surface area contributed by atoms with Gasteiger partial charge in [0.1, 0.15) is 11.6 Å². The van der Waals surface area contributed by atoms with Gasteiger partial charge in [-0.2, -0.15) is 0 Å². The summed E-state index contributed by atoms with van der Waals surface area (Å²) < 4.78 is 5.53. The van der Waals surface area contributed by atoms with Gasteiger partial charge in [-0.1, -0.05) is 35.3 Å². The molecule has 0 spiro atoms. The van der Waals surface area contributed by atoms with Crippen molar-refractivity contribution in [3.05, 3.63) is 57.7 Å². The zero-order valence-corrected chi connectivity index (χ0v) is 11.6. The topological polar surface area (TPSA) is 22.1 Å². The van der Waals surface area contributed by atoms with Crippen molar-refractivity contribution in [3.8, 4) is 5.88 Å². The van der Waals surface area contributed by atoms with Gasteiger partial charge in [0.25, 0.3) is 0 Å². The van der Waals surface area contributed by atoms with Gasteiger partial charge in [0.2, 0.25) is 5.88 Å². The summed E-state index contributed by atoms with van der Waals surface area (Å²) in [5, 5.41) is 1.13. The molecule has 0 saturated carbocycles. The molecule has 0 bridgehead atoms. The fourth-order valence-electron chi connectivity index (χ4n) is 1.42. The number of halogens is 3. The molecule has 0 fully saturated rings. The average Bonchev–Trinajstić information content (AvgIpc) is 2.37. The first-order chi connectivity index (χ1) is 8.69. The Hall–Kier alpha value is -0.960. The molecule has 0 unspecified atom stereocenters. The van der Waals surface area contributed by atoms with E-state index < -0.39 is 0 Å². The van der Waals surface area contributed by atoms with Gasteiger partial charge in [-0.25, -0.2) is 4.98 Å². The van der Waals surface area contributed by atoms with Crippen molar-refractivity contribution in [2.45, 2.75) is 12.5 Å². The van der Waals surface area contributed by atoms with E-state index in [4.69, 9.17) is 39.5 Å². The van der Waals surface area contributed by atoms with Gasteiger partial charge >= 0.3 is 0 Å². The lowest BCUT2D eigenvalue weighted by molar-refractivity contribution is 0.294. The number of ether oxygens (including phenoxy) is 1. The highest BCUT2D eigenvalue weighted by Gasteiger charge is 2.05. The maximum absolute atomic E-state index is 6.03. The Morgan fingerprint density at radius 3 is 2.61 bits per heavy atom. The number of nitrogens with zero attached hydrogens (tertiary/aromatic N) is 1. The van der Waals surface area contributed by atoms with Crippen LogP contribution in [0.1, 0.15) is 11.1 Å². The van der Waals surface area contributed by atoms with Gasteiger partial charge in [-0.3, -0.25) is 0 Å². The molecular formula is C13H10Cl3NO. The molecule has 0 N–H and O–H groups in total. The van der Waals surface area contributed by atoms with E-state index in [2.05, 4.69) is 4.98 Å². The first-order valence-corrected chi connectivity index (χ1v) is 6.55. The van der Waals surface area contributed by atoms with Crippen molar-refractivity contribution < 1.29 is 4.74 Å². The molecule has 0 aliphatic rings. The zero-order valence-electron chi connectivity index (χ0n) is 9.37. The normalized spacial score (nSPS) is 10.4. The van der Waals surface area contributed by atoms with Crippen LogP contribution in [0.15, 0.2) is 36.5 Å². The number of pyridine rings is 1. The van der Waals surface area contributed by atoms with Gasteiger partial charge in [0, 0.05) is 17.1 Å². The van der Waals surface area contributed by atoms with Crippen LogP contribution < -0.4 is 4.74 Å². The van der Waals surface area contributed by atoms with Crippen LogP contribution in [-0.2, 0) is 12.5 Å². The second kappa shape index (κ2) is 6.28. The molecule has 0 radical (unpaired) electrons.